The van der Waals surface area contributed by atoms with Crippen LogP contribution < -0.4 is 10.2 Å². The van der Waals surface area contributed by atoms with Crippen LogP contribution in [0.5, 0.6) is 0 Å². The number of nitrogens with zero attached hydrogens (tertiary/aromatic N) is 4. The van der Waals surface area contributed by atoms with Crippen LogP contribution in [0.15, 0.2) is 84.4 Å². The first kappa shape index (κ1) is 25.9. The van der Waals surface area contributed by atoms with Gasteiger partial charge in [0.25, 0.3) is 0 Å². The molecule has 1 amide bonds. The highest BCUT2D eigenvalue weighted by Gasteiger charge is 2.25. The van der Waals surface area contributed by atoms with E-state index in [4.69, 9.17) is 14.8 Å². The van der Waals surface area contributed by atoms with Crippen molar-refractivity contribution in [1.82, 2.24) is 9.55 Å². The second kappa shape index (κ2) is 11.4. The van der Waals surface area contributed by atoms with Gasteiger partial charge in [-0.3, -0.25) is 9.79 Å². The number of rotatable bonds is 7. The number of aliphatic imine (C=N–C) groups is 1. The number of benzene rings is 3. The van der Waals surface area contributed by atoms with Crippen LogP contribution in [0.25, 0.3) is 16.8 Å². The van der Waals surface area contributed by atoms with Gasteiger partial charge in [0.05, 0.1) is 49.2 Å². The number of carbonyl (C=O) groups excluding carboxylic acids is 1. The lowest BCUT2D eigenvalue weighted by atomic mass is 9.98. The molecule has 8 nitrogen and oxygen atoms in total. The zero-order valence-electron chi connectivity index (χ0n) is 22.0. The van der Waals surface area contributed by atoms with E-state index in [0.29, 0.717) is 23.7 Å². The molecular weight excluding hydrogens is 509 g/mol. The van der Waals surface area contributed by atoms with Gasteiger partial charge in [0.2, 0.25) is 5.91 Å². The summed E-state index contributed by atoms with van der Waals surface area (Å²) >= 11 is 0. The number of ether oxygens (including phenoxy) is 1. The first-order chi connectivity index (χ1) is 19.6. The number of carbonyl (C=O) groups is 1. The highest BCUT2D eigenvalue weighted by atomic mass is 19.1. The number of hydrogen-bond donors (Lipinski definition) is 2. The lowest BCUT2D eigenvalue weighted by molar-refractivity contribution is -0.115. The van der Waals surface area contributed by atoms with Crippen molar-refractivity contribution in [1.29, 1.82) is 0 Å². The number of fused-ring (bicyclic) bond motifs is 1. The summed E-state index contributed by atoms with van der Waals surface area (Å²) < 4.78 is 21.5. The first-order valence-corrected chi connectivity index (χ1v) is 13.4. The highest BCUT2D eigenvalue weighted by molar-refractivity contribution is 6.17. The number of hydrogen-bond acceptors (Lipinski definition) is 6. The number of amides is 1. The number of imidazole rings is 1. The summed E-state index contributed by atoms with van der Waals surface area (Å²) in [5.74, 6) is -0.451. The second-order valence-electron chi connectivity index (χ2n) is 9.98. The van der Waals surface area contributed by atoms with Crippen LogP contribution in [0.1, 0.15) is 24.8 Å². The SMILES string of the molecule is O=C1CC(c2cccc(-n3ccnc3)c2)=Nc2cc(N3CCC(OCCO)CC3)c(-c3ccc(F)cc3)cc2N1. The number of aliphatic hydroxyl groups excluding tert-OH is 1. The molecule has 3 aromatic carbocycles. The third-order valence-corrected chi connectivity index (χ3v) is 7.34. The molecule has 0 bridgehead atoms. The Balaban J connectivity index is 1.41. The zero-order chi connectivity index (χ0) is 27.5. The van der Waals surface area contributed by atoms with Crippen molar-refractivity contribution in [3.8, 4) is 16.8 Å². The maximum absolute atomic E-state index is 13.8. The average Bonchev–Trinajstić information content (AvgIpc) is 3.47. The van der Waals surface area contributed by atoms with Crippen molar-refractivity contribution in [2.24, 2.45) is 4.99 Å². The topological polar surface area (TPSA) is 92.0 Å². The van der Waals surface area contributed by atoms with E-state index in [1.165, 1.54) is 12.1 Å². The summed E-state index contributed by atoms with van der Waals surface area (Å²) in [6, 6.07) is 18.3. The van der Waals surface area contributed by atoms with E-state index in [1.807, 2.05) is 47.2 Å². The molecule has 0 saturated carbocycles. The van der Waals surface area contributed by atoms with E-state index in [2.05, 4.69) is 15.2 Å². The Morgan fingerprint density at radius 2 is 1.88 bits per heavy atom. The van der Waals surface area contributed by atoms with Gasteiger partial charge < -0.3 is 24.6 Å². The molecule has 2 N–H and O–H groups in total. The number of aromatic nitrogens is 2. The number of aliphatic hydroxyl groups is 1. The van der Waals surface area contributed by atoms with E-state index in [-0.39, 0.29) is 30.9 Å². The minimum absolute atomic E-state index is 0.0110. The Morgan fingerprint density at radius 3 is 2.62 bits per heavy atom. The maximum atomic E-state index is 13.8. The third-order valence-electron chi connectivity index (χ3n) is 7.34. The Kier molecular flexibility index (Phi) is 7.39. The van der Waals surface area contributed by atoms with Crippen molar-refractivity contribution < 1.29 is 19.0 Å². The van der Waals surface area contributed by atoms with Gasteiger partial charge in [-0.1, -0.05) is 24.3 Å². The van der Waals surface area contributed by atoms with E-state index in [0.717, 1.165) is 54.0 Å². The fourth-order valence-electron chi connectivity index (χ4n) is 5.33. The molecule has 6 rings (SSSR count). The molecule has 2 aliphatic rings. The fraction of sp³-hybridized carbons (Fsp3) is 0.258. The van der Waals surface area contributed by atoms with E-state index < -0.39 is 0 Å². The van der Waals surface area contributed by atoms with Crippen LogP contribution in [0.3, 0.4) is 0 Å². The molecule has 4 aromatic rings. The lowest BCUT2D eigenvalue weighted by Gasteiger charge is -2.35. The number of anilines is 2. The molecule has 1 saturated heterocycles. The van der Waals surface area contributed by atoms with Crippen LogP contribution in [0.4, 0.5) is 21.5 Å². The summed E-state index contributed by atoms with van der Waals surface area (Å²) in [5, 5.41) is 12.2. The van der Waals surface area contributed by atoms with Crippen LogP contribution in [-0.2, 0) is 9.53 Å². The lowest BCUT2D eigenvalue weighted by Crippen LogP contribution is -2.37. The standard InChI is InChI=1S/C31H30FN5O3/c32-23-6-4-21(5-7-23)26-17-28-29(18-30(26)36-11-8-25(9-12-36)40-15-14-38)34-27(19-31(39)35-28)22-2-1-3-24(16-22)37-13-10-33-20-37/h1-7,10,13,16-18,20,25,38H,8-9,11-12,14-15,19H2,(H,35,39). The summed E-state index contributed by atoms with van der Waals surface area (Å²) in [6.07, 6.45) is 7.22. The van der Waals surface area contributed by atoms with Gasteiger partial charge in [-0.25, -0.2) is 9.37 Å². The molecule has 3 heterocycles. The molecular formula is C31H30FN5O3. The maximum Gasteiger partial charge on any atom is 0.230 e. The Bertz CT molecular complexity index is 1530. The quantitative estimate of drug-likeness (QED) is 0.340. The van der Waals surface area contributed by atoms with Gasteiger partial charge in [0, 0.05) is 42.4 Å². The van der Waals surface area contributed by atoms with Crippen LogP contribution in [0, 0.1) is 5.82 Å². The van der Waals surface area contributed by atoms with Crippen LogP contribution in [-0.4, -0.2) is 58.7 Å². The summed E-state index contributed by atoms with van der Waals surface area (Å²) in [5.41, 5.74) is 6.49. The van der Waals surface area contributed by atoms with Gasteiger partial charge >= 0.3 is 0 Å². The van der Waals surface area contributed by atoms with Crippen molar-refractivity contribution in [2.45, 2.75) is 25.4 Å². The molecule has 0 aliphatic carbocycles. The second-order valence-corrected chi connectivity index (χ2v) is 9.98. The van der Waals surface area contributed by atoms with Crippen molar-refractivity contribution in [3.05, 3.63) is 90.8 Å². The monoisotopic (exact) mass is 539 g/mol. The molecule has 0 unspecified atom stereocenters. The molecule has 204 valence electrons. The van der Waals surface area contributed by atoms with Crippen LogP contribution in [0.2, 0.25) is 0 Å². The van der Waals surface area contributed by atoms with E-state index >= 15 is 0 Å². The molecule has 1 aromatic heterocycles. The van der Waals surface area contributed by atoms with E-state index in [9.17, 15) is 9.18 Å². The van der Waals surface area contributed by atoms with Crippen LogP contribution >= 0.6 is 0 Å². The van der Waals surface area contributed by atoms with Crippen molar-refractivity contribution >= 4 is 28.7 Å². The molecule has 0 atom stereocenters. The zero-order valence-corrected chi connectivity index (χ0v) is 22.0. The van der Waals surface area contributed by atoms with E-state index in [1.54, 1.807) is 24.7 Å². The van der Waals surface area contributed by atoms with Crippen molar-refractivity contribution in [2.75, 3.05) is 36.5 Å². The number of nitrogens with one attached hydrogen (secondary N) is 1. The van der Waals surface area contributed by atoms with Gasteiger partial charge in [0.1, 0.15) is 5.82 Å². The molecule has 0 radical (unpaired) electrons. The first-order valence-electron chi connectivity index (χ1n) is 13.4. The molecule has 0 spiro atoms. The minimum atomic E-state index is -0.303. The predicted molar refractivity (Wildman–Crippen MR) is 153 cm³/mol. The minimum Gasteiger partial charge on any atom is -0.394 e. The molecule has 1 fully saturated rings. The van der Waals surface area contributed by atoms with Gasteiger partial charge in [0.15, 0.2) is 0 Å². The summed E-state index contributed by atoms with van der Waals surface area (Å²) in [6.45, 7) is 1.87. The fourth-order valence-corrected chi connectivity index (χ4v) is 5.33. The summed E-state index contributed by atoms with van der Waals surface area (Å²) in [7, 11) is 0. The van der Waals surface area contributed by atoms with Gasteiger partial charge in [-0.05, 0) is 60.4 Å². The molecule has 40 heavy (non-hydrogen) atoms. The average molecular weight is 540 g/mol. The third kappa shape index (κ3) is 5.52. The Labute approximate surface area is 231 Å². The smallest absolute Gasteiger partial charge is 0.230 e. The Hall–Kier alpha value is -4.34. The number of piperidine rings is 1. The number of halogens is 1. The normalized spacial score (nSPS) is 15.8. The largest absolute Gasteiger partial charge is 0.394 e. The summed E-state index contributed by atoms with van der Waals surface area (Å²) in [4.78, 5) is 24.5. The van der Waals surface area contributed by atoms with Crippen molar-refractivity contribution in [3.63, 3.8) is 0 Å². The molecule has 9 heteroatoms. The highest BCUT2D eigenvalue weighted by Crippen LogP contribution is 2.42. The van der Waals surface area contributed by atoms with Gasteiger partial charge in [-0.2, -0.15) is 0 Å². The van der Waals surface area contributed by atoms with Gasteiger partial charge in [-0.15, -0.1) is 0 Å². The molecule has 2 aliphatic heterocycles. The Morgan fingerprint density at radius 1 is 1.05 bits per heavy atom. The predicted octanol–water partition coefficient (Wildman–Crippen LogP) is 5.12.